The number of carbonyl (C=O) groups is 1. The number of hydrogen-bond acceptors (Lipinski definition) is 4. The molecule has 0 aliphatic heterocycles. The Morgan fingerprint density at radius 3 is 2.60 bits per heavy atom. The lowest BCUT2D eigenvalue weighted by Gasteiger charge is -2.14. The van der Waals surface area contributed by atoms with Crippen molar-refractivity contribution in [1.82, 2.24) is 4.98 Å². The average Bonchev–Trinajstić information content (AvgIpc) is 2.75. The lowest BCUT2D eigenvalue weighted by Crippen LogP contribution is -2.14. The van der Waals surface area contributed by atoms with Gasteiger partial charge >= 0.3 is 0 Å². The van der Waals surface area contributed by atoms with Crippen LogP contribution in [0.4, 0.5) is 10.8 Å². The largest absolute Gasteiger partial charge is 0.399 e. The van der Waals surface area contributed by atoms with Gasteiger partial charge in [0.2, 0.25) is 0 Å². The van der Waals surface area contributed by atoms with Gasteiger partial charge in [-0.05, 0) is 18.2 Å². The highest BCUT2D eigenvalue weighted by Crippen LogP contribution is 2.27. The van der Waals surface area contributed by atoms with E-state index in [-0.39, 0.29) is 11.3 Å². The molecule has 0 radical (unpaired) electrons. The molecule has 1 amide bonds. The van der Waals surface area contributed by atoms with E-state index in [1.165, 1.54) is 11.3 Å². The molecule has 2 rings (SSSR count). The molecule has 1 aromatic carbocycles. The third-order valence-electron chi connectivity index (χ3n) is 2.68. The van der Waals surface area contributed by atoms with Gasteiger partial charge in [-0.25, -0.2) is 4.98 Å². The fourth-order valence-electron chi connectivity index (χ4n) is 1.59. The quantitative estimate of drug-likeness (QED) is 0.800. The van der Waals surface area contributed by atoms with Gasteiger partial charge in [0.25, 0.3) is 5.91 Å². The number of nitrogens with two attached hydrogens (primary N) is 1. The molecule has 0 aliphatic carbocycles. The lowest BCUT2D eigenvalue weighted by atomic mass is 9.93. The monoisotopic (exact) mass is 353 g/mol. The second kappa shape index (κ2) is 5.54. The summed E-state index contributed by atoms with van der Waals surface area (Å²) in [5.74, 6) is -0.215. The molecular formula is C14H16BrN3OS. The molecule has 2 aromatic rings. The fraction of sp³-hybridized carbons (Fsp3) is 0.286. The normalized spacial score (nSPS) is 11.4. The number of anilines is 2. The molecule has 0 aliphatic rings. The standard InChI is InChI=1S/C14H16BrN3OS/c1-14(2,3)11-7-20-13(17-11)18-12(19)8-4-9(15)6-10(16)5-8/h4-7H,16H2,1-3H3,(H,17,18,19). The third kappa shape index (κ3) is 3.58. The number of halogens is 1. The number of nitrogens with zero attached hydrogens (tertiary/aromatic N) is 1. The smallest absolute Gasteiger partial charge is 0.257 e. The Kier molecular flexibility index (Phi) is 4.15. The molecule has 0 atom stereocenters. The summed E-state index contributed by atoms with van der Waals surface area (Å²) >= 11 is 4.75. The first kappa shape index (κ1) is 15.0. The van der Waals surface area contributed by atoms with Gasteiger partial charge in [0.15, 0.2) is 5.13 Å². The number of nitrogen functional groups attached to an aromatic ring is 1. The minimum atomic E-state index is -0.215. The molecule has 1 aromatic heterocycles. The number of carbonyl (C=O) groups excluding carboxylic acids is 1. The van der Waals surface area contributed by atoms with Crippen molar-refractivity contribution in [3.63, 3.8) is 0 Å². The Bertz CT molecular complexity index is 626. The molecule has 1 heterocycles. The summed E-state index contributed by atoms with van der Waals surface area (Å²) in [5, 5.41) is 5.36. The van der Waals surface area contributed by atoms with Crippen LogP contribution < -0.4 is 11.1 Å². The molecule has 0 spiro atoms. The van der Waals surface area contributed by atoms with Crippen molar-refractivity contribution in [2.24, 2.45) is 0 Å². The van der Waals surface area contributed by atoms with Crippen LogP contribution in [0.3, 0.4) is 0 Å². The maximum absolute atomic E-state index is 12.2. The first-order valence-electron chi connectivity index (χ1n) is 6.09. The Labute approximate surface area is 130 Å². The van der Waals surface area contributed by atoms with E-state index in [9.17, 15) is 4.79 Å². The predicted molar refractivity (Wildman–Crippen MR) is 87.3 cm³/mol. The van der Waals surface area contributed by atoms with Crippen molar-refractivity contribution in [3.05, 3.63) is 39.3 Å². The van der Waals surface area contributed by atoms with Crippen LogP contribution in [0.5, 0.6) is 0 Å². The number of aromatic nitrogens is 1. The summed E-state index contributed by atoms with van der Waals surface area (Å²) in [6.45, 7) is 6.26. The van der Waals surface area contributed by atoms with Crippen molar-refractivity contribution < 1.29 is 4.79 Å². The topological polar surface area (TPSA) is 68.0 Å². The van der Waals surface area contributed by atoms with Gasteiger partial charge in [-0.15, -0.1) is 11.3 Å². The maximum atomic E-state index is 12.2. The van der Waals surface area contributed by atoms with Crippen LogP contribution >= 0.6 is 27.3 Å². The van der Waals surface area contributed by atoms with Gasteiger partial charge in [-0.1, -0.05) is 36.7 Å². The fourth-order valence-corrected chi connectivity index (χ4v) is 3.03. The zero-order chi connectivity index (χ0) is 14.9. The van der Waals surface area contributed by atoms with Crippen LogP contribution in [0.25, 0.3) is 0 Å². The van der Waals surface area contributed by atoms with E-state index in [0.29, 0.717) is 16.4 Å². The van der Waals surface area contributed by atoms with Crippen LogP contribution in [0.1, 0.15) is 36.8 Å². The summed E-state index contributed by atoms with van der Waals surface area (Å²) in [6, 6.07) is 5.11. The maximum Gasteiger partial charge on any atom is 0.257 e. The van der Waals surface area contributed by atoms with Gasteiger partial charge in [-0.3, -0.25) is 10.1 Å². The van der Waals surface area contributed by atoms with E-state index < -0.39 is 0 Å². The van der Waals surface area contributed by atoms with Gasteiger partial charge in [0.05, 0.1) is 5.69 Å². The van der Waals surface area contributed by atoms with Gasteiger partial charge in [0, 0.05) is 26.5 Å². The highest BCUT2D eigenvalue weighted by molar-refractivity contribution is 9.10. The number of benzene rings is 1. The number of nitrogens with one attached hydrogen (secondary N) is 1. The summed E-state index contributed by atoms with van der Waals surface area (Å²) in [5.41, 5.74) is 7.71. The van der Waals surface area contributed by atoms with Crippen molar-refractivity contribution in [2.75, 3.05) is 11.1 Å². The van der Waals surface area contributed by atoms with E-state index in [4.69, 9.17) is 5.73 Å². The SMILES string of the molecule is CC(C)(C)c1csc(NC(=O)c2cc(N)cc(Br)c2)n1. The molecule has 3 N–H and O–H groups in total. The average molecular weight is 354 g/mol. The number of thiazole rings is 1. The van der Waals surface area contributed by atoms with Crippen LogP contribution in [-0.4, -0.2) is 10.9 Å². The van der Waals surface area contributed by atoms with Crippen molar-refractivity contribution in [2.45, 2.75) is 26.2 Å². The van der Waals surface area contributed by atoms with E-state index >= 15 is 0 Å². The summed E-state index contributed by atoms with van der Waals surface area (Å²) < 4.78 is 0.775. The number of hydrogen-bond donors (Lipinski definition) is 2. The molecule has 6 heteroatoms. The first-order valence-corrected chi connectivity index (χ1v) is 7.76. The molecule has 4 nitrogen and oxygen atoms in total. The van der Waals surface area contributed by atoms with E-state index in [2.05, 4.69) is 47.0 Å². The summed E-state index contributed by atoms with van der Waals surface area (Å²) in [4.78, 5) is 16.6. The van der Waals surface area contributed by atoms with Crippen LogP contribution in [0, 0.1) is 0 Å². The van der Waals surface area contributed by atoms with Gasteiger partial charge in [0.1, 0.15) is 0 Å². The van der Waals surface area contributed by atoms with E-state index in [0.717, 1.165) is 10.2 Å². The molecule has 0 saturated heterocycles. The lowest BCUT2D eigenvalue weighted by molar-refractivity contribution is 0.102. The van der Waals surface area contributed by atoms with E-state index in [1.54, 1.807) is 18.2 Å². The van der Waals surface area contributed by atoms with Gasteiger partial charge in [-0.2, -0.15) is 0 Å². The van der Waals surface area contributed by atoms with E-state index in [1.807, 2.05) is 5.38 Å². The number of amides is 1. The van der Waals surface area contributed by atoms with Crippen molar-refractivity contribution in [3.8, 4) is 0 Å². The molecule has 20 heavy (non-hydrogen) atoms. The molecule has 0 unspecified atom stereocenters. The molecule has 0 fully saturated rings. The van der Waals surface area contributed by atoms with Crippen LogP contribution in [0.15, 0.2) is 28.1 Å². The number of rotatable bonds is 2. The Morgan fingerprint density at radius 2 is 2.05 bits per heavy atom. The van der Waals surface area contributed by atoms with Crippen LogP contribution in [0.2, 0.25) is 0 Å². The predicted octanol–water partition coefficient (Wildman–Crippen LogP) is 4.04. The molecular weight excluding hydrogens is 338 g/mol. The zero-order valence-electron chi connectivity index (χ0n) is 11.5. The summed E-state index contributed by atoms with van der Waals surface area (Å²) in [7, 11) is 0. The highest BCUT2D eigenvalue weighted by Gasteiger charge is 2.18. The summed E-state index contributed by atoms with van der Waals surface area (Å²) in [6.07, 6.45) is 0. The van der Waals surface area contributed by atoms with Crippen LogP contribution in [-0.2, 0) is 5.41 Å². The molecule has 0 saturated carbocycles. The Balaban J connectivity index is 2.17. The van der Waals surface area contributed by atoms with Gasteiger partial charge < -0.3 is 5.73 Å². The minimum absolute atomic E-state index is 0.0281. The van der Waals surface area contributed by atoms with Crippen molar-refractivity contribution in [1.29, 1.82) is 0 Å². The Morgan fingerprint density at radius 1 is 1.35 bits per heavy atom. The highest BCUT2D eigenvalue weighted by atomic mass is 79.9. The molecule has 106 valence electrons. The van der Waals surface area contributed by atoms with Crippen molar-refractivity contribution >= 4 is 44.0 Å². The second-order valence-corrected chi connectivity index (χ2v) is 7.29. The molecule has 0 bridgehead atoms. The zero-order valence-corrected chi connectivity index (χ0v) is 13.9. The third-order valence-corrected chi connectivity index (χ3v) is 3.89. The minimum Gasteiger partial charge on any atom is -0.399 e. The first-order chi connectivity index (χ1) is 9.25. The Hall–Kier alpha value is -1.40. The second-order valence-electron chi connectivity index (χ2n) is 5.52.